The Labute approximate surface area is 262 Å². The number of carbonyl (C=O) groups is 2. The molecule has 3 aliphatic heterocycles. The molecule has 0 spiro atoms. The lowest BCUT2D eigenvalue weighted by molar-refractivity contribution is -0.190. The fourth-order valence-corrected chi connectivity index (χ4v) is 7.81. The molecule has 44 heavy (non-hydrogen) atoms. The van der Waals surface area contributed by atoms with E-state index >= 15 is 0 Å². The number of ketones is 1. The largest absolute Gasteiger partial charge is 0.494 e. The SMILES string of the molecule is CCOc1cccc2c1C(N1CN(CC3CC3CO)C(=O)C3C(OCc4ccccc4)C(=O)C=CN31)c1ccccc1SC2. The number of hydrogen-bond acceptors (Lipinski definition) is 8. The molecule has 1 saturated heterocycles. The lowest BCUT2D eigenvalue weighted by Crippen LogP contribution is -2.69. The number of amides is 1. The van der Waals surface area contributed by atoms with Crippen LogP contribution in [-0.4, -0.2) is 70.3 Å². The van der Waals surface area contributed by atoms with E-state index in [1.54, 1.807) is 18.0 Å². The number of aliphatic hydroxyl groups is 1. The second-order valence-corrected chi connectivity index (χ2v) is 12.8. The minimum absolute atomic E-state index is 0.119. The van der Waals surface area contributed by atoms with Crippen molar-refractivity contribution in [1.82, 2.24) is 14.9 Å². The number of aliphatic hydroxyl groups excluding tert-OH is 1. The summed E-state index contributed by atoms with van der Waals surface area (Å²) in [5.74, 6) is 1.70. The highest BCUT2D eigenvalue weighted by Crippen LogP contribution is 2.48. The number of fused-ring (bicyclic) bond motifs is 3. The van der Waals surface area contributed by atoms with Crippen molar-refractivity contribution in [2.45, 2.75) is 48.8 Å². The summed E-state index contributed by atoms with van der Waals surface area (Å²) in [6.45, 7) is 3.72. The molecule has 8 nitrogen and oxygen atoms in total. The molecule has 1 N–H and O–H groups in total. The van der Waals surface area contributed by atoms with Gasteiger partial charge in [0.1, 0.15) is 5.75 Å². The maximum atomic E-state index is 14.3. The molecule has 2 fully saturated rings. The quantitative estimate of drug-likeness (QED) is 0.371. The predicted octanol–water partition coefficient (Wildman–Crippen LogP) is 4.78. The van der Waals surface area contributed by atoms with Gasteiger partial charge in [0.25, 0.3) is 5.91 Å². The van der Waals surface area contributed by atoms with Crippen LogP contribution >= 0.6 is 11.8 Å². The van der Waals surface area contributed by atoms with E-state index in [1.807, 2.05) is 59.3 Å². The molecule has 228 valence electrons. The minimum atomic E-state index is -0.970. The lowest BCUT2D eigenvalue weighted by Gasteiger charge is -2.53. The van der Waals surface area contributed by atoms with Crippen LogP contribution in [0.5, 0.6) is 5.75 Å². The Morgan fingerprint density at radius 1 is 0.977 bits per heavy atom. The highest BCUT2D eigenvalue weighted by atomic mass is 32.2. The highest BCUT2D eigenvalue weighted by Gasteiger charge is 2.52. The zero-order chi connectivity index (χ0) is 30.2. The smallest absolute Gasteiger partial charge is 0.251 e. The van der Waals surface area contributed by atoms with E-state index in [0.717, 1.165) is 34.6 Å². The predicted molar refractivity (Wildman–Crippen MR) is 167 cm³/mol. The van der Waals surface area contributed by atoms with Gasteiger partial charge in [-0.25, -0.2) is 0 Å². The van der Waals surface area contributed by atoms with Gasteiger partial charge in [0.15, 0.2) is 17.9 Å². The molecule has 0 radical (unpaired) electrons. The van der Waals surface area contributed by atoms with E-state index in [-0.39, 0.29) is 42.8 Å². The summed E-state index contributed by atoms with van der Waals surface area (Å²) in [5.41, 5.74) is 4.32. The maximum Gasteiger partial charge on any atom is 0.251 e. The molecule has 7 rings (SSSR count). The third-order valence-electron chi connectivity index (χ3n) is 9.08. The first-order chi connectivity index (χ1) is 21.6. The zero-order valence-corrected chi connectivity index (χ0v) is 25.6. The molecule has 3 aromatic carbocycles. The van der Waals surface area contributed by atoms with Gasteiger partial charge in [0.2, 0.25) is 0 Å². The van der Waals surface area contributed by atoms with E-state index in [4.69, 9.17) is 9.47 Å². The second kappa shape index (κ2) is 12.4. The molecule has 3 aromatic rings. The molecule has 9 heteroatoms. The Hall–Kier alpha value is -3.63. The summed E-state index contributed by atoms with van der Waals surface area (Å²) in [5, 5.41) is 13.9. The van der Waals surface area contributed by atoms with Gasteiger partial charge < -0.3 is 19.5 Å². The number of benzene rings is 3. The molecule has 1 amide bonds. The fraction of sp³-hybridized carbons (Fsp3) is 0.371. The molecule has 3 heterocycles. The number of hydrogen-bond donors (Lipinski definition) is 1. The molecule has 5 atom stereocenters. The van der Waals surface area contributed by atoms with E-state index in [2.05, 4.69) is 35.3 Å². The summed E-state index contributed by atoms with van der Waals surface area (Å²) in [6.07, 6.45) is 3.21. The van der Waals surface area contributed by atoms with Crippen molar-refractivity contribution >= 4 is 23.5 Å². The number of hydrazine groups is 1. The topological polar surface area (TPSA) is 82.5 Å². The van der Waals surface area contributed by atoms with Gasteiger partial charge >= 0.3 is 0 Å². The molecule has 4 aliphatic rings. The Balaban J connectivity index is 1.33. The highest BCUT2D eigenvalue weighted by molar-refractivity contribution is 7.98. The first-order valence-electron chi connectivity index (χ1n) is 15.4. The van der Waals surface area contributed by atoms with Crippen LogP contribution in [0.25, 0.3) is 0 Å². The maximum absolute atomic E-state index is 14.3. The number of thioether (sulfide) groups is 1. The van der Waals surface area contributed by atoms with Crippen molar-refractivity contribution in [3.63, 3.8) is 0 Å². The summed E-state index contributed by atoms with van der Waals surface area (Å²) in [6, 6.07) is 23.2. The fourth-order valence-electron chi connectivity index (χ4n) is 6.73. The Morgan fingerprint density at radius 3 is 2.59 bits per heavy atom. The number of ether oxygens (including phenoxy) is 2. The average molecular weight is 612 g/mol. The number of rotatable bonds is 9. The standard InChI is InChI=1S/C35H37N3O5S/c1-2-42-29-13-8-11-24-21-44-30-14-7-6-12-27(30)32(31(24)29)38-22-36(18-25-17-26(25)19-39)35(41)33-34(28(40)15-16-37(33)38)43-20-23-9-4-3-5-10-23/h3-16,25-26,32-34,39H,2,17-22H2,1H3. The van der Waals surface area contributed by atoms with Crippen LogP contribution in [0.3, 0.4) is 0 Å². The van der Waals surface area contributed by atoms with Crippen LogP contribution < -0.4 is 4.74 Å². The molecule has 0 bridgehead atoms. The first kappa shape index (κ1) is 29.1. The Morgan fingerprint density at radius 2 is 1.80 bits per heavy atom. The zero-order valence-electron chi connectivity index (χ0n) is 24.7. The Bertz CT molecular complexity index is 1560. The van der Waals surface area contributed by atoms with Crippen LogP contribution in [0, 0.1) is 11.8 Å². The minimum Gasteiger partial charge on any atom is -0.494 e. The van der Waals surface area contributed by atoms with E-state index in [9.17, 15) is 14.7 Å². The van der Waals surface area contributed by atoms with E-state index in [0.29, 0.717) is 19.8 Å². The molecular weight excluding hydrogens is 574 g/mol. The van der Waals surface area contributed by atoms with Gasteiger partial charge in [-0.2, -0.15) is 5.01 Å². The third kappa shape index (κ3) is 5.43. The van der Waals surface area contributed by atoms with Gasteiger partial charge in [0, 0.05) is 41.6 Å². The number of carbonyl (C=O) groups excluding carboxylic acids is 2. The lowest BCUT2D eigenvalue weighted by atomic mass is 9.92. The van der Waals surface area contributed by atoms with Gasteiger partial charge in [-0.05, 0) is 54.0 Å². The van der Waals surface area contributed by atoms with E-state index < -0.39 is 12.1 Å². The summed E-state index contributed by atoms with van der Waals surface area (Å²) >= 11 is 1.80. The van der Waals surface area contributed by atoms with Gasteiger partial charge in [-0.1, -0.05) is 60.7 Å². The van der Waals surface area contributed by atoms with Crippen LogP contribution in [-0.2, 0) is 26.7 Å². The molecular formula is C35H37N3O5S. The molecule has 5 unspecified atom stereocenters. The van der Waals surface area contributed by atoms with Crippen molar-refractivity contribution in [2.75, 3.05) is 26.4 Å². The van der Waals surface area contributed by atoms with Gasteiger partial charge in [-0.3, -0.25) is 14.6 Å². The summed E-state index contributed by atoms with van der Waals surface area (Å²) in [4.78, 5) is 30.8. The van der Waals surface area contributed by atoms with Crippen molar-refractivity contribution < 1.29 is 24.2 Å². The summed E-state index contributed by atoms with van der Waals surface area (Å²) in [7, 11) is 0. The second-order valence-electron chi connectivity index (χ2n) is 11.8. The average Bonchev–Trinajstić information content (AvgIpc) is 3.83. The third-order valence-corrected chi connectivity index (χ3v) is 10.2. The van der Waals surface area contributed by atoms with E-state index in [1.165, 1.54) is 16.5 Å². The van der Waals surface area contributed by atoms with Gasteiger partial charge in [-0.15, -0.1) is 11.8 Å². The number of nitrogens with zero attached hydrogens (tertiary/aromatic N) is 3. The summed E-state index contributed by atoms with van der Waals surface area (Å²) < 4.78 is 12.6. The van der Waals surface area contributed by atoms with Crippen molar-refractivity contribution in [3.8, 4) is 5.75 Å². The van der Waals surface area contributed by atoms with Crippen molar-refractivity contribution in [1.29, 1.82) is 0 Å². The molecule has 1 saturated carbocycles. The molecule has 1 aliphatic carbocycles. The van der Waals surface area contributed by atoms with Crippen LogP contribution in [0.4, 0.5) is 0 Å². The van der Waals surface area contributed by atoms with Crippen molar-refractivity contribution in [2.24, 2.45) is 11.8 Å². The molecule has 0 aromatic heterocycles. The monoisotopic (exact) mass is 611 g/mol. The Kier molecular flexibility index (Phi) is 8.20. The van der Waals surface area contributed by atoms with Gasteiger partial charge in [0.05, 0.1) is 25.9 Å². The first-order valence-corrected chi connectivity index (χ1v) is 16.3. The normalized spacial score (nSPS) is 26.1. The van der Waals surface area contributed by atoms with Crippen LogP contribution in [0.15, 0.2) is 90.0 Å². The van der Waals surface area contributed by atoms with Crippen molar-refractivity contribution in [3.05, 3.63) is 107 Å². The van der Waals surface area contributed by atoms with Crippen LogP contribution in [0.2, 0.25) is 0 Å². The van der Waals surface area contributed by atoms with Crippen LogP contribution in [0.1, 0.15) is 41.6 Å².